The lowest BCUT2D eigenvalue weighted by atomic mass is 10.0. The number of fused-ring (bicyclic) bond motifs is 3. The number of hydrogen-bond acceptors (Lipinski definition) is 6. The number of nitriles is 1. The van der Waals surface area contributed by atoms with Crippen molar-refractivity contribution in [2.45, 2.75) is 17.9 Å². The van der Waals surface area contributed by atoms with Gasteiger partial charge in [-0.15, -0.1) is 0 Å². The zero-order chi connectivity index (χ0) is 16.7. The summed E-state index contributed by atoms with van der Waals surface area (Å²) in [5.74, 6) is 0.819. The van der Waals surface area contributed by atoms with Crippen LogP contribution in [-0.2, 0) is 22.8 Å². The van der Waals surface area contributed by atoms with Crippen LogP contribution in [0, 0.1) is 11.3 Å². The molecule has 0 spiro atoms. The van der Waals surface area contributed by atoms with E-state index in [9.17, 15) is 13.7 Å². The largest absolute Gasteiger partial charge is 0.467 e. The third-order valence-corrected chi connectivity index (χ3v) is 5.99. The number of nitrogens with zero attached hydrogens (tertiary/aromatic N) is 2. The average molecular weight is 339 g/mol. The normalized spacial score (nSPS) is 15.1. The molecular weight excluding hydrogens is 326 g/mol. The third-order valence-electron chi connectivity index (χ3n) is 4.20. The minimum atomic E-state index is -3.25. The van der Waals surface area contributed by atoms with Crippen LogP contribution in [0.25, 0.3) is 10.9 Å². The quantitative estimate of drug-likeness (QED) is 0.788. The molecule has 0 radical (unpaired) electrons. The minimum absolute atomic E-state index is 0.0931. The lowest BCUT2D eigenvalue weighted by molar-refractivity contribution is 0.518. The minimum Gasteiger partial charge on any atom is -0.467 e. The predicted octanol–water partition coefficient (Wildman–Crippen LogP) is 2.64. The van der Waals surface area contributed by atoms with E-state index < -0.39 is 9.84 Å². The summed E-state index contributed by atoms with van der Waals surface area (Å²) in [4.78, 5) is 4.64. The monoisotopic (exact) mass is 339 g/mol. The SMILES string of the molecule is N#Cc1cnc2ccc3c(c2c1NCc1ccco1)CCS3(=O)=O. The number of benzene rings is 1. The van der Waals surface area contributed by atoms with Crippen molar-refractivity contribution >= 4 is 26.4 Å². The molecular formula is C17H13N3O3S. The molecule has 0 unspecified atom stereocenters. The molecule has 1 aliphatic heterocycles. The molecule has 0 aliphatic carbocycles. The van der Waals surface area contributed by atoms with Gasteiger partial charge in [-0.3, -0.25) is 4.98 Å². The van der Waals surface area contributed by atoms with Crippen LogP contribution >= 0.6 is 0 Å². The molecule has 24 heavy (non-hydrogen) atoms. The molecule has 3 heterocycles. The number of sulfone groups is 1. The van der Waals surface area contributed by atoms with E-state index in [0.717, 1.165) is 11.3 Å². The maximum atomic E-state index is 12.2. The number of hydrogen-bond donors (Lipinski definition) is 1. The van der Waals surface area contributed by atoms with Gasteiger partial charge in [-0.25, -0.2) is 8.42 Å². The smallest absolute Gasteiger partial charge is 0.179 e. The Morgan fingerprint density at radius 2 is 2.21 bits per heavy atom. The fourth-order valence-corrected chi connectivity index (χ4v) is 4.63. The second kappa shape index (κ2) is 5.35. The van der Waals surface area contributed by atoms with Crippen molar-refractivity contribution in [3.63, 3.8) is 0 Å². The number of anilines is 1. The molecule has 0 fully saturated rings. The van der Waals surface area contributed by atoms with E-state index in [1.54, 1.807) is 24.5 Å². The van der Waals surface area contributed by atoms with Crippen molar-refractivity contribution < 1.29 is 12.8 Å². The Bertz CT molecular complexity index is 1080. The van der Waals surface area contributed by atoms with Gasteiger partial charge in [-0.05, 0) is 36.2 Å². The summed E-state index contributed by atoms with van der Waals surface area (Å²) in [7, 11) is -3.25. The molecule has 0 atom stereocenters. The van der Waals surface area contributed by atoms with Gasteiger partial charge in [0.25, 0.3) is 0 Å². The van der Waals surface area contributed by atoms with E-state index in [0.29, 0.717) is 40.0 Å². The zero-order valence-corrected chi connectivity index (χ0v) is 13.4. The predicted molar refractivity (Wildman–Crippen MR) is 88.2 cm³/mol. The van der Waals surface area contributed by atoms with Gasteiger partial charge in [0.2, 0.25) is 0 Å². The van der Waals surface area contributed by atoms with Gasteiger partial charge in [-0.2, -0.15) is 5.26 Å². The highest BCUT2D eigenvalue weighted by atomic mass is 32.2. The molecule has 7 heteroatoms. The molecule has 0 bridgehead atoms. The summed E-state index contributed by atoms with van der Waals surface area (Å²) in [6.07, 6.45) is 3.51. The number of furan rings is 1. The zero-order valence-electron chi connectivity index (χ0n) is 12.6. The van der Waals surface area contributed by atoms with Crippen molar-refractivity contribution in [1.82, 2.24) is 4.98 Å². The highest BCUT2D eigenvalue weighted by molar-refractivity contribution is 7.91. The van der Waals surface area contributed by atoms with Crippen LogP contribution in [0.4, 0.5) is 5.69 Å². The van der Waals surface area contributed by atoms with Crippen LogP contribution in [0.15, 0.2) is 46.0 Å². The average Bonchev–Trinajstić information content (AvgIpc) is 3.20. The molecule has 0 saturated carbocycles. The summed E-state index contributed by atoms with van der Waals surface area (Å²) in [6.45, 7) is 0.400. The van der Waals surface area contributed by atoms with Gasteiger partial charge in [0, 0.05) is 11.6 Å². The second-order valence-electron chi connectivity index (χ2n) is 5.60. The lowest BCUT2D eigenvalue weighted by Gasteiger charge is -2.13. The van der Waals surface area contributed by atoms with Gasteiger partial charge in [0.15, 0.2) is 9.84 Å². The van der Waals surface area contributed by atoms with Crippen LogP contribution in [0.1, 0.15) is 16.9 Å². The van der Waals surface area contributed by atoms with E-state index in [-0.39, 0.29) is 5.75 Å². The Kier molecular flexibility index (Phi) is 3.28. The molecule has 0 amide bonds. The molecule has 1 aliphatic rings. The van der Waals surface area contributed by atoms with Crippen LogP contribution in [0.2, 0.25) is 0 Å². The van der Waals surface area contributed by atoms with E-state index in [1.165, 1.54) is 6.20 Å². The first-order chi connectivity index (χ1) is 11.6. The van der Waals surface area contributed by atoms with E-state index >= 15 is 0 Å². The fourth-order valence-electron chi connectivity index (χ4n) is 3.08. The van der Waals surface area contributed by atoms with Crippen molar-refractivity contribution in [1.29, 1.82) is 5.26 Å². The fraction of sp³-hybridized carbons (Fsp3) is 0.176. The molecule has 1 aromatic carbocycles. The van der Waals surface area contributed by atoms with E-state index in [1.807, 2.05) is 6.07 Å². The van der Waals surface area contributed by atoms with Crippen LogP contribution in [0.3, 0.4) is 0 Å². The van der Waals surface area contributed by atoms with Gasteiger partial charge >= 0.3 is 0 Å². The number of aromatic nitrogens is 1. The molecule has 2 aromatic heterocycles. The maximum absolute atomic E-state index is 12.2. The van der Waals surface area contributed by atoms with Crippen molar-refractivity contribution in [2.24, 2.45) is 0 Å². The van der Waals surface area contributed by atoms with Crippen LogP contribution < -0.4 is 5.32 Å². The van der Waals surface area contributed by atoms with E-state index in [4.69, 9.17) is 4.42 Å². The molecule has 1 N–H and O–H groups in total. The summed E-state index contributed by atoms with van der Waals surface area (Å²) in [5, 5.41) is 13.3. The Labute approximate surface area is 138 Å². The summed E-state index contributed by atoms with van der Waals surface area (Å²) < 4.78 is 29.7. The second-order valence-corrected chi connectivity index (χ2v) is 7.67. The molecule has 0 saturated heterocycles. The topological polar surface area (TPSA) is 96.0 Å². The van der Waals surface area contributed by atoms with Crippen molar-refractivity contribution in [3.05, 3.63) is 53.6 Å². The van der Waals surface area contributed by atoms with Crippen molar-refractivity contribution in [3.8, 4) is 6.07 Å². The summed E-state index contributed by atoms with van der Waals surface area (Å²) in [6, 6.07) is 9.04. The number of aryl methyl sites for hydroxylation is 1. The number of pyridine rings is 1. The standard InChI is InChI=1S/C17H13N3O3S/c18-8-11-9-19-14-3-4-15-13(5-7-24(15,21)22)16(14)17(11)20-10-12-2-1-6-23-12/h1-4,6,9H,5,7,10H2,(H,19,20). The Morgan fingerprint density at radius 1 is 1.33 bits per heavy atom. The maximum Gasteiger partial charge on any atom is 0.179 e. The molecule has 3 aromatic rings. The summed E-state index contributed by atoms with van der Waals surface area (Å²) in [5.41, 5.74) is 2.39. The first-order valence-corrected chi connectivity index (χ1v) is 9.09. The Balaban J connectivity index is 1.93. The highest BCUT2D eigenvalue weighted by Crippen LogP contribution is 2.37. The lowest BCUT2D eigenvalue weighted by Crippen LogP contribution is -2.04. The molecule has 6 nitrogen and oxygen atoms in total. The highest BCUT2D eigenvalue weighted by Gasteiger charge is 2.29. The van der Waals surface area contributed by atoms with Crippen LogP contribution in [0.5, 0.6) is 0 Å². The Hall–Kier alpha value is -2.85. The molecule has 4 rings (SSSR count). The first kappa shape index (κ1) is 14.7. The number of nitrogens with one attached hydrogen (secondary N) is 1. The van der Waals surface area contributed by atoms with E-state index in [2.05, 4.69) is 16.4 Å². The summed E-state index contributed by atoms with van der Waals surface area (Å²) >= 11 is 0. The Morgan fingerprint density at radius 3 is 2.96 bits per heavy atom. The van der Waals surface area contributed by atoms with Gasteiger partial charge in [0.05, 0.1) is 40.2 Å². The first-order valence-electron chi connectivity index (χ1n) is 7.44. The van der Waals surface area contributed by atoms with Crippen molar-refractivity contribution in [2.75, 3.05) is 11.1 Å². The van der Waals surface area contributed by atoms with Gasteiger partial charge in [-0.1, -0.05) is 0 Å². The molecule has 120 valence electrons. The number of rotatable bonds is 3. The third kappa shape index (κ3) is 2.23. The van der Waals surface area contributed by atoms with Gasteiger partial charge < -0.3 is 9.73 Å². The van der Waals surface area contributed by atoms with Crippen LogP contribution in [-0.4, -0.2) is 19.2 Å². The van der Waals surface area contributed by atoms with Gasteiger partial charge in [0.1, 0.15) is 11.8 Å².